The molecule has 7 heteroatoms. The van der Waals surface area contributed by atoms with E-state index in [1.807, 2.05) is 23.4 Å². The fourth-order valence-electron chi connectivity index (χ4n) is 4.07. The highest BCUT2D eigenvalue weighted by Crippen LogP contribution is 2.21. The number of aryl methyl sites for hydroxylation is 1. The molecule has 1 aromatic heterocycles. The number of rotatable bonds is 3. The van der Waals surface area contributed by atoms with Crippen molar-refractivity contribution in [3.63, 3.8) is 0 Å². The summed E-state index contributed by atoms with van der Waals surface area (Å²) in [4.78, 5) is 35.8. The molecule has 2 aliphatic rings. The lowest BCUT2D eigenvalue weighted by Crippen LogP contribution is -2.40. The van der Waals surface area contributed by atoms with Gasteiger partial charge < -0.3 is 19.4 Å². The Morgan fingerprint density at radius 1 is 0.833 bits per heavy atom. The van der Waals surface area contributed by atoms with E-state index >= 15 is 0 Å². The maximum absolute atomic E-state index is 13.0. The zero-order valence-electron chi connectivity index (χ0n) is 17.4. The predicted octanol–water partition coefficient (Wildman–Crippen LogP) is 2.21. The number of hydrogen-bond donors (Lipinski definition) is 0. The number of morpholine rings is 1. The molecule has 30 heavy (non-hydrogen) atoms. The minimum Gasteiger partial charge on any atom is -0.378 e. The Labute approximate surface area is 177 Å². The number of carbonyl (C=O) groups is 2. The van der Waals surface area contributed by atoms with Crippen molar-refractivity contribution in [1.82, 2.24) is 14.8 Å². The Balaban J connectivity index is 1.39. The van der Waals surface area contributed by atoms with Crippen LogP contribution in [0.3, 0.4) is 0 Å². The predicted molar refractivity (Wildman–Crippen MR) is 115 cm³/mol. The maximum atomic E-state index is 13.0. The van der Waals surface area contributed by atoms with Gasteiger partial charge in [0, 0.05) is 68.5 Å². The van der Waals surface area contributed by atoms with E-state index in [1.165, 1.54) is 5.69 Å². The van der Waals surface area contributed by atoms with Gasteiger partial charge in [-0.3, -0.25) is 14.6 Å². The van der Waals surface area contributed by atoms with Gasteiger partial charge in [0.05, 0.1) is 13.2 Å². The summed E-state index contributed by atoms with van der Waals surface area (Å²) in [6, 6.07) is 9.10. The van der Waals surface area contributed by atoms with Crippen LogP contribution in [-0.4, -0.2) is 79.1 Å². The second-order valence-electron chi connectivity index (χ2n) is 7.78. The van der Waals surface area contributed by atoms with Gasteiger partial charge >= 0.3 is 0 Å². The summed E-state index contributed by atoms with van der Waals surface area (Å²) in [5.41, 5.74) is 3.58. The number of aromatic nitrogens is 1. The fraction of sp³-hybridized carbons (Fsp3) is 0.435. The number of nitrogens with zero attached hydrogens (tertiary/aromatic N) is 4. The topological polar surface area (TPSA) is 66.0 Å². The highest BCUT2D eigenvalue weighted by atomic mass is 16.5. The molecule has 2 aliphatic heterocycles. The number of pyridine rings is 1. The molecule has 2 fully saturated rings. The standard InChI is InChI=1S/C23H28N4O3/c1-18-17-24-8-7-21(18)25-9-2-10-26(12-11-25)22(28)19-3-5-20(6-4-19)23(29)27-13-15-30-16-14-27/h3-8,17H,2,9-16H2,1H3. The van der Waals surface area contributed by atoms with Crippen molar-refractivity contribution < 1.29 is 14.3 Å². The summed E-state index contributed by atoms with van der Waals surface area (Å²) in [6.45, 7) is 7.56. The molecule has 0 radical (unpaired) electrons. The van der Waals surface area contributed by atoms with Crippen LogP contribution in [0.15, 0.2) is 42.7 Å². The van der Waals surface area contributed by atoms with Gasteiger partial charge in [-0.25, -0.2) is 0 Å². The molecule has 2 amide bonds. The van der Waals surface area contributed by atoms with Gasteiger partial charge in [0.15, 0.2) is 0 Å². The van der Waals surface area contributed by atoms with Crippen molar-refractivity contribution in [3.05, 3.63) is 59.4 Å². The zero-order chi connectivity index (χ0) is 20.9. The average molecular weight is 409 g/mol. The van der Waals surface area contributed by atoms with E-state index in [9.17, 15) is 9.59 Å². The second-order valence-corrected chi connectivity index (χ2v) is 7.78. The van der Waals surface area contributed by atoms with Crippen molar-refractivity contribution in [2.45, 2.75) is 13.3 Å². The first kappa shape index (κ1) is 20.3. The molecule has 0 unspecified atom stereocenters. The van der Waals surface area contributed by atoms with Crippen LogP contribution in [0.1, 0.15) is 32.7 Å². The third-order valence-corrected chi connectivity index (χ3v) is 5.79. The van der Waals surface area contributed by atoms with Crippen LogP contribution < -0.4 is 4.90 Å². The highest BCUT2D eigenvalue weighted by Gasteiger charge is 2.22. The van der Waals surface area contributed by atoms with Crippen LogP contribution >= 0.6 is 0 Å². The summed E-state index contributed by atoms with van der Waals surface area (Å²) in [5, 5.41) is 0. The van der Waals surface area contributed by atoms with Crippen molar-refractivity contribution in [2.24, 2.45) is 0 Å². The third-order valence-electron chi connectivity index (χ3n) is 5.79. The third kappa shape index (κ3) is 4.46. The summed E-state index contributed by atoms with van der Waals surface area (Å²) in [5.74, 6) is 0.0177. The van der Waals surface area contributed by atoms with Gasteiger partial charge in [0.2, 0.25) is 0 Å². The molecule has 0 atom stereocenters. The summed E-state index contributed by atoms with van der Waals surface area (Å²) < 4.78 is 5.31. The molecular formula is C23H28N4O3. The SMILES string of the molecule is Cc1cnccc1N1CCCN(C(=O)c2ccc(C(=O)N3CCOCC3)cc2)CC1. The van der Waals surface area contributed by atoms with Crippen molar-refractivity contribution in [3.8, 4) is 0 Å². The van der Waals surface area contributed by atoms with E-state index in [0.29, 0.717) is 44.0 Å². The molecule has 3 heterocycles. The summed E-state index contributed by atoms with van der Waals surface area (Å²) in [6.07, 6.45) is 4.61. The first-order valence-electron chi connectivity index (χ1n) is 10.6. The van der Waals surface area contributed by atoms with Gasteiger partial charge in [0.25, 0.3) is 11.8 Å². The van der Waals surface area contributed by atoms with Gasteiger partial charge in [-0.15, -0.1) is 0 Å². The number of ether oxygens (including phenoxy) is 1. The van der Waals surface area contributed by atoms with Gasteiger partial charge in [-0.1, -0.05) is 0 Å². The highest BCUT2D eigenvalue weighted by molar-refractivity contribution is 5.98. The lowest BCUT2D eigenvalue weighted by Gasteiger charge is -2.27. The van der Waals surface area contributed by atoms with Crippen LogP contribution in [0.5, 0.6) is 0 Å². The molecule has 2 aromatic rings. The first-order chi connectivity index (χ1) is 14.6. The van der Waals surface area contributed by atoms with Gasteiger partial charge in [-0.05, 0) is 49.2 Å². The lowest BCUT2D eigenvalue weighted by atomic mass is 10.1. The molecule has 4 rings (SSSR count). The van der Waals surface area contributed by atoms with Crippen molar-refractivity contribution in [2.75, 3.05) is 57.4 Å². The number of hydrogen-bond acceptors (Lipinski definition) is 5. The van der Waals surface area contributed by atoms with E-state index in [-0.39, 0.29) is 11.8 Å². The minimum atomic E-state index is -0.00423. The largest absolute Gasteiger partial charge is 0.378 e. The Kier molecular flexibility index (Phi) is 6.28. The van der Waals surface area contributed by atoms with E-state index in [2.05, 4.69) is 16.8 Å². The summed E-state index contributed by atoms with van der Waals surface area (Å²) in [7, 11) is 0. The molecule has 0 aliphatic carbocycles. The molecular weight excluding hydrogens is 380 g/mol. The quantitative estimate of drug-likeness (QED) is 0.779. The second kappa shape index (κ2) is 9.26. The number of anilines is 1. The van der Waals surface area contributed by atoms with Crippen LogP contribution in [0.25, 0.3) is 0 Å². The molecule has 0 spiro atoms. The summed E-state index contributed by atoms with van der Waals surface area (Å²) >= 11 is 0. The van der Waals surface area contributed by atoms with Crippen molar-refractivity contribution >= 4 is 17.5 Å². The first-order valence-corrected chi connectivity index (χ1v) is 10.6. The average Bonchev–Trinajstić information content (AvgIpc) is 3.05. The Bertz CT molecular complexity index is 894. The van der Waals surface area contributed by atoms with Gasteiger partial charge in [0.1, 0.15) is 0 Å². The zero-order valence-corrected chi connectivity index (χ0v) is 17.4. The Morgan fingerprint density at radius 2 is 1.47 bits per heavy atom. The lowest BCUT2D eigenvalue weighted by molar-refractivity contribution is 0.0303. The Hall–Kier alpha value is -2.93. The number of amides is 2. The van der Waals surface area contributed by atoms with Crippen molar-refractivity contribution in [1.29, 1.82) is 0 Å². The van der Waals surface area contributed by atoms with E-state index < -0.39 is 0 Å². The van der Waals surface area contributed by atoms with E-state index in [4.69, 9.17) is 4.74 Å². The molecule has 158 valence electrons. The molecule has 2 saturated heterocycles. The van der Waals surface area contributed by atoms with Gasteiger partial charge in [-0.2, -0.15) is 0 Å². The molecule has 0 saturated carbocycles. The van der Waals surface area contributed by atoms with E-state index in [1.54, 1.807) is 29.2 Å². The van der Waals surface area contributed by atoms with Crippen LogP contribution in [0, 0.1) is 6.92 Å². The van der Waals surface area contributed by atoms with E-state index in [0.717, 1.165) is 31.6 Å². The van der Waals surface area contributed by atoms with Crippen LogP contribution in [0.4, 0.5) is 5.69 Å². The Morgan fingerprint density at radius 3 is 2.10 bits per heavy atom. The molecule has 7 nitrogen and oxygen atoms in total. The monoisotopic (exact) mass is 408 g/mol. The van der Waals surface area contributed by atoms with Crippen LogP contribution in [0.2, 0.25) is 0 Å². The maximum Gasteiger partial charge on any atom is 0.254 e. The molecule has 1 aromatic carbocycles. The normalized spacial score (nSPS) is 17.6. The molecule has 0 bridgehead atoms. The smallest absolute Gasteiger partial charge is 0.254 e. The number of carbonyl (C=O) groups excluding carboxylic acids is 2. The van der Waals surface area contributed by atoms with Crippen LogP contribution in [-0.2, 0) is 4.74 Å². The fourth-order valence-corrected chi connectivity index (χ4v) is 4.07. The number of benzene rings is 1. The minimum absolute atomic E-state index is 0.00423. The molecule has 0 N–H and O–H groups in total.